The van der Waals surface area contributed by atoms with Crippen molar-refractivity contribution in [3.8, 4) is 11.3 Å². The number of sulfone groups is 1. The van der Waals surface area contributed by atoms with Gasteiger partial charge in [0.2, 0.25) is 0 Å². The maximum absolute atomic E-state index is 13.0. The van der Waals surface area contributed by atoms with E-state index in [1.165, 1.54) is 34.4 Å². The molecule has 150 valence electrons. The van der Waals surface area contributed by atoms with Gasteiger partial charge in [0, 0.05) is 29.3 Å². The first-order chi connectivity index (χ1) is 13.7. The second-order valence-electron chi connectivity index (χ2n) is 6.15. The average Bonchev–Trinajstić information content (AvgIpc) is 3.17. The molecular formula is C20H16Cl2N2O3S2. The Morgan fingerprint density at radius 1 is 1.17 bits per heavy atom. The number of nitrogens with zero attached hydrogens (tertiary/aromatic N) is 2. The number of anilines is 1. The van der Waals surface area contributed by atoms with Crippen LogP contribution in [0.25, 0.3) is 11.3 Å². The van der Waals surface area contributed by atoms with E-state index in [0.29, 0.717) is 26.4 Å². The first-order valence-corrected chi connectivity index (χ1v) is 11.9. The molecule has 0 unspecified atom stereocenters. The van der Waals surface area contributed by atoms with E-state index in [1.807, 2.05) is 5.38 Å². The van der Waals surface area contributed by atoms with E-state index in [0.717, 1.165) is 11.8 Å². The van der Waals surface area contributed by atoms with Crippen molar-refractivity contribution in [2.45, 2.75) is 4.90 Å². The molecule has 0 radical (unpaired) electrons. The fourth-order valence-electron chi connectivity index (χ4n) is 2.56. The van der Waals surface area contributed by atoms with E-state index >= 15 is 0 Å². The third kappa shape index (κ3) is 4.87. The highest BCUT2D eigenvalue weighted by Crippen LogP contribution is 2.30. The monoisotopic (exact) mass is 466 g/mol. The van der Waals surface area contributed by atoms with Crippen LogP contribution < -0.4 is 4.90 Å². The van der Waals surface area contributed by atoms with Crippen LogP contribution in [0.2, 0.25) is 10.0 Å². The van der Waals surface area contributed by atoms with Gasteiger partial charge in [0.05, 0.1) is 20.6 Å². The molecule has 1 amide bonds. The van der Waals surface area contributed by atoms with Gasteiger partial charge in [-0.05, 0) is 30.3 Å². The Hall–Kier alpha value is -2.19. The summed E-state index contributed by atoms with van der Waals surface area (Å²) in [5.74, 6) is -0.281. The van der Waals surface area contributed by atoms with Crippen molar-refractivity contribution in [3.05, 3.63) is 76.1 Å². The van der Waals surface area contributed by atoms with Gasteiger partial charge in [-0.2, -0.15) is 0 Å². The van der Waals surface area contributed by atoms with Gasteiger partial charge in [-0.1, -0.05) is 41.4 Å². The first kappa shape index (κ1) is 21.5. The molecule has 0 fully saturated rings. The van der Waals surface area contributed by atoms with Crippen LogP contribution in [0.15, 0.2) is 65.4 Å². The fourth-order valence-corrected chi connectivity index (χ4v) is 4.33. The van der Waals surface area contributed by atoms with Crippen LogP contribution in [-0.2, 0) is 9.84 Å². The minimum absolute atomic E-state index is 0.236. The second-order valence-corrected chi connectivity index (χ2v) is 9.81. The predicted molar refractivity (Wildman–Crippen MR) is 119 cm³/mol. The Labute approximate surface area is 183 Å². The number of carbonyl (C=O) groups is 1. The molecule has 2 aromatic carbocycles. The van der Waals surface area contributed by atoms with E-state index < -0.39 is 9.84 Å². The van der Waals surface area contributed by atoms with E-state index in [-0.39, 0.29) is 17.3 Å². The molecule has 0 N–H and O–H groups in total. The van der Waals surface area contributed by atoms with Crippen molar-refractivity contribution in [1.82, 2.24) is 4.98 Å². The summed E-state index contributed by atoms with van der Waals surface area (Å²) in [5.41, 5.74) is 1.77. The molecule has 9 heteroatoms. The molecule has 0 saturated heterocycles. The van der Waals surface area contributed by atoms with Crippen molar-refractivity contribution in [2.75, 3.05) is 17.7 Å². The molecular weight excluding hydrogens is 451 g/mol. The van der Waals surface area contributed by atoms with Crippen molar-refractivity contribution < 1.29 is 13.2 Å². The minimum Gasteiger partial charge on any atom is -0.280 e. The van der Waals surface area contributed by atoms with Gasteiger partial charge in [-0.25, -0.2) is 13.4 Å². The molecule has 0 bridgehead atoms. The number of thiazole rings is 1. The van der Waals surface area contributed by atoms with Gasteiger partial charge in [0.1, 0.15) is 0 Å². The summed E-state index contributed by atoms with van der Waals surface area (Å²) in [6.07, 6.45) is 2.77. The van der Waals surface area contributed by atoms with Gasteiger partial charge in [0.25, 0.3) is 5.91 Å². The Bertz CT molecular complexity index is 1170. The Morgan fingerprint density at radius 3 is 2.45 bits per heavy atom. The van der Waals surface area contributed by atoms with Gasteiger partial charge in [0.15, 0.2) is 15.0 Å². The molecule has 0 spiro atoms. The molecule has 0 aliphatic heterocycles. The van der Waals surface area contributed by atoms with Crippen LogP contribution in [0, 0.1) is 0 Å². The highest BCUT2D eigenvalue weighted by atomic mass is 35.5. The normalized spacial score (nSPS) is 11.3. The van der Waals surface area contributed by atoms with Gasteiger partial charge < -0.3 is 0 Å². The molecule has 29 heavy (non-hydrogen) atoms. The number of hydrogen-bond donors (Lipinski definition) is 0. The van der Waals surface area contributed by atoms with Gasteiger partial charge in [-0.3, -0.25) is 9.69 Å². The lowest BCUT2D eigenvalue weighted by Gasteiger charge is -2.18. The topological polar surface area (TPSA) is 67.3 Å². The largest absolute Gasteiger partial charge is 0.280 e. The highest BCUT2D eigenvalue weighted by Gasteiger charge is 2.21. The van der Waals surface area contributed by atoms with E-state index in [2.05, 4.69) is 11.6 Å². The number of aromatic nitrogens is 1. The summed E-state index contributed by atoms with van der Waals surface area (Å²) in [6, 6.07) is 11.1. The molecule has 0 aliphatic rings. The van der Waals surface area contributed by atoms with E-state index in [1.54, 1.807) is 30.3 Å². The maximum atomic E-state index is 13.0. The summed E-state index contributed by atoms with van der Waals surface area (Å²) < 4.78 is 23.2. The summed E-state index contributed by atoms with van der Waals surface area (Å²) in [4.78, 5) is 19.2. The Kier molecular flexibility index (Phi) is 6.43. The third-order valence-electron chi connectivity index (χ3n) is 4.02. The lowest BCUT2D eigenvalue weighted by atomic mass is 10.2. The van der Waals surface area contributed by atoms with Crippen LogP contribution in [0.5, 0.6) is 0 Å². The average molecular weight is 467 g/mol. The SMILES string of the molecule is C=CCN(C(=O)c1ccc(Cl)c(Cl)c1)c1nc(-c2ccc(S(C)(=O)=O)cc2)cs1. The number of carbonyl (C=O) groups excluding carboxylic acids is 1. The minimum atomic E-state index is -3.27. The number of rotatable bonds is 6. The number of benzene rings is 2. The Balaban J connectivity index is 1.91. The smallest absolute Gasteiger partial charge is 0.260 e. The van der Waals surface area contributed by atoms with Gasteiger partial charge >= 0.3 is 0 Å². The zero-order valence-corrected chi connectivity index (χ0v) is 18.4. The summed E-state index contributed by atoms with van der Waals surface area (Å²) in [7, 11) is -3.27. The van der Waals surface area contributed by atoms with Crippen molar-refractivity contribution >= 4 is 55.4 Å². The standard InChI is InChI=1S/C20H16Cl2N2O3S2/c1-3-10-24(19(25)14-6-9-16(21)17(22)11-14)20-23-18(12-28-20)13-4-7-15(8-5-13)29(2,26)27/h3-9,11-12H,1,10H2,2H3. The molecule has 3 rings (SSSR count). The summed E-state index contributed by atoms with van der Waals surface area (Å²) in [5, 5.41) is 2.96. The predicted octanol–water partition coefficient (Wildman–Crippen LogP) is 5.35. The van der Waals surface area contributed by atoms with Crippen molar-refractivity contribution in [1.29, 1.82) is 0 Å². The number of halogens is 2. The van der Waals surface area contributed by atoms with E-state index in [4.69, 9.17) is 23.2 Å². The number of hydrogen-bond acceptors (Lipinski definition) is 5. The van der Waals surface area contributed by atoms with Crippen LogP contribution in [0.3, 0.4) is 0 Å². The lowest BCUT2D eigenvalue weighted by Crippen LogP contribution is -2.31. The van der Waals surface area contributed by atoms with Crippen LogP contribution in [-0.4, -0.2) is 32.1 Å². The van der Waals surface area contributed by atoms with Crippen LogP contribution in [0.4, 0.5) is 5.13 Å². The Morgan fingerprint density at radius 2 is 1.86 bits per heavy atom. The number of amides is 1. The molecule has 0 saturated carbocycles. The van der Waals surface area contributed by atoms with E-state index in [9.17, 15) is 13.2 Å². The molecule has 0 atom stereocenters. The van der Waals surface area contributed by atoms with Crippen LogP contribution >= 0.6 is 34.5 Å². The zero-order chi connectivity index (χ0) is 21.2. The molecule has 3 aromatic rings. The summed E-state index contributed by atoms with van der Waals surface area (Å²) in [6.45, 7) is 3.97. The van der Waals surface area contributed by atoms with Gasteiger partial charge in [-0.15, -0.1) is 17.9 Å². The maximum Gasteiger partial charge on any atom is 0.260 e. The molecule has 1 heterocycles. The second kappa shape index (κ2) is 8.67. The molecule has 5 nitrogen and oxygen atoms in total. The molecule has 0 aliphatic carbocycles. The third-order valence-corrected chi connectivity index (χ3v) is 6.76. The summed E-state index contributed by atoms with van der Waals surface area (Å²) >= 11 is 13.3. The fraction of sp³-hybridized carbons (Fsp3) is 0.100. The molecule has 1 aromatic heterocycles. The zero-order valence-electron chi connectivity index (χ0n) is 15.3. The van der Waals surface area contributed by atoms with Crippen molar-refractivity contribution in [3.63, 3.8) is 0 Å². The lowest BCUT2D eigenvalue weighted by molar-refractivity contribution is 0.0989. The first-order valence-electron chi connectivity index (χ1n) is 8.34. The van der Waals surface area contributed by atoms with Crippen LogP contribution in [0.1, 0.15) is 10.4 Å². The highest BCUT2D eigenvalue weighted by molar-refractivity contribution is 7.90. The van der Waals surface area contributed by atoms with Crippen molar-refractivity contribution in [2.24, 2.45) is 0 Å². The quantitative estimate of drug-likeness (QED) is 0.458.